The largest absolute Gasteiger partial charge is 0.376 e. The minimum Gasteiger partial charge on any atom is -0.376 e. The van der Waals surface area contributed by atoms with E-state index in [1.807, 2.05) is 6.92 Å². The first-order valence-electron chi connectivity index (χ1n) is 6.61. The molecular formula is C12H25N3O. The lowest BCUT2D eigenvalue weighted by Gasteiger charge is -2.38. The Morgan fingerprint density at radius 1 is 1.38 bits per heavy atom. The van der Waals surface area contributed by atoms with Gasteiger partial charge in [0.05, 0.1) is 6.10 Å². The van der Waals surface area contributed by atoms with Crippen LogP contribution < -0.4 is 5.73 Å². The van der Waals surface area contributed by atoms with Gasteiger partial charge in [-0.1, -0.05) is 0 Å². The van der Waals surface area contributed by atoms with Crippen LogP contribution in [0.15, 0.2) is 0 Å². The van der Waals surface area contributed by atoms with Crippen molar-refractivity contribution in [3.8, 4) is 0 Å². The summed E-state index contributed by atoms with van der Waals surface area (Å²) in [6, 6.07) is 0.800. The lowest BCUT2D eigenvalue weighted by atomic mass is 10.1. The number of hydrogen-bond acceptors (Lipinski definition) is 4. The molecule has 2 aliphatic rings. The molecule has 2 N–H and O–H groups in total. The summed E-state index contributed by atoms with van der Waals surface area (Å²) < 4.78 is 5.62. The molecule has 2 heterocycles. The highest BCUT2D eigenvalue weighted by molar-refractivity contribution is 4.87. The van der Waals surface area contributed by atoms with Gasteiger partial charge in [0.2, 0.25) is 0 Å². The first-order valence-corrected chi connectivity index (χ1v) is 6.61. The molecule has 0 bridgehead atoms. The summed E-state index contributed by atoms with van der Waals surface area (Å²) in [4.78, 5) is 5.16. The molecule has 4 heteroatoms. The fraction of sp³-hybridized carbons (Fsp3) is 1.00. The van der Waals surface area contributed by atoms with Crippen LogP contribution in [-0.4, -0.2) is 67.8 Å². The van der Waals surface area contributed by atoms with Gasteiger partial charge in [0.1, 0.15) is 0 Å². The van der Waals surface area contributed by atoms with Crippen molar-refractivity contribution in [1.82, 2.24) is 9.80 Å². The zero-order valence-corrected chi connectivity index (χ0v) is 10.4. The second-order valence-electron chi connectivity index (χ2n) is 4.90. The van der Waals surface area contributed by atoms with Gasteiger partial charge in [0, 0.05) is 45.4 Å². The Balaban J connectivity index is 1.77. The van der Waals surface area contributed by atoms with E-state index in [1.54, 1.807) is 0 Å². The van der Waals surface area contributed by atoms with Crippen LogP contribution in [-0.2, 0) is 4.74 Å². The molecule has 0 aliphatic carbocycles. The first kappa shape index (κ1) is 12.3. The third kappa shape index (κ3) is 2.94. The third-order valence-electron chi connectivity index (χ3n) is 3.80. The summed E-state index contributed by atoms with van der Waals surface area (Å²) in [6.45, 7) is 9.39. The van der Waals surface area contributed by atoms with Crippen LogP contribution in [0.25, 0.3) is 0 Å². The smallest absolute Gasteiger partial charge is 0.0823 e. The lowest BCUT2D eigenvalue weighted by molar-refractivity contribution is 0.0170. The van der Waals surface area contributed by atoms with Gasteiger partial charge in [0.15, 0.2) is 0 Å². The fourth-order valence-electron chi connectivity index (χ4n) is 2.94. The summed E-state index contributed by atoms with van der Waals surface area (Å²) in [7, 11) is 0. The van der Waals surface area contributed by atoms with Crippen molar-refractivity contribution >= 4 is 0 Å². The number of hydrogen-bond donors (Lipinski definition) is 1. The SMILES string of the molecule is CCOC(CN)CN1CCN2CCCC2C1. The maximum absolute atomic E-state index is 5.72. The number of piperazine rings is 1. The van der Waals surface area contributed by atoms with Crippen molar-refractivity contribution in [1.29, 1.82) is 0 Å². The number of nitrogens with two attached hydrogens (primary N) is 1. The average Bonchev–Trinajstić information content (AvgIpc) is 2.75. The predicted molar refractivity (Wildman–Crippen MR) is 65.5 cm³/mol. The quantitative estimate of drug-likeness (QED) is 0.725. The van der Waals surface area contributed by atoms with Gasteiger partial charge in [-0.15, -0.1) is 0 Å². The summed E-state index contributed by atoms with van der Waals surface area (Å²) in [5.41, 5.74) is 5.72. The molecule has 2 fully saturated rings. The maximum atomic E-state index is 5.72. The molecule has 2 saturated heterocycles. The van der Waals surface area contributed by atoms with E-state index in [0.29, 0.717) is 6.54 Å². The van der Waals surface area contributed by atoms with Crippen LogP contribution in [0.2, 0.25) is 0 Å². The minimum absolute atomic E-state index is 0.220. The Morgan fingerprint density at radius 2 is 2.25 bits per heavy atom. The Bertz CT molecular complexity index is 212. The van der Waals surface area contributed by atoms with Crippen LogP contribution in [0.3, 0.4) is 0 Å². The monoisotopic (exact) mass is 227 g/mol. The number of fused-ring (bicyclic) bond motifs is 1. The summed E-state index contributed by atoms with van der Waals surface area (Å²) in [5.74, 6) is 0. The molecule has 2 rings (SSSR count). The molecule has 4 nitrogen and oxygen atoms in total. The van der Waals surface area contributed by atoms with Crippen LogP contribution in [0.4, 0.5) is 0 Å². The van der Waals surface area contributed by atoms with Crippen LogP contribution in [0.1, 0.15) is 19.8 Å². The van der Waals surface area contributed by atoms with E-state index in [1.165, 1.54) is 39.0 Å². The van der Waals surface area contributed by atoms with E-state index < -0.39 is 0 Å². The Kier molecular flexibility index (Phi) is 4.58. The maximum Gasteiger partial charge on any atom is 0.0823 e. The lowest BCUT2D eigenvalue weighted by Crippen LogP contribution is -2.52. The van der Waals surface area contributed by atoms with Crippen molar-refractivity contribution < 1.29 is 4.74 Å². The summed E-state index contributed by atoms with van der Waals surface area (Å²) in [6.07, 6.45) is 2.97. The zero-order valence-electron chi connectivity index (χ0n) is 10.4. The molecular weight excluding hydrogens is 202 g/mol. The fourth-order valence-corrected chi connectivity index (χ4v) is 2.94. The average molecular weight is 227 g/mol. The Labute approximate surface area is 98.7 Å². The van der Waals surface area contributed by atoms with Crippen molar-refractivity contribution in [2.24, 2.45) is 5.73 Å². The van der Waals surface area contributed by atoms with E-state index in [-0.39, 0.29) is 6.10 Å². The van der Waals surface area contributed by atoms with Crippen molar-refractivity contribution in [3.05, 3.63) is 0 Å². The van der Waals surface area contributed by atoms with E-state index in [9.17, 15) is 0 Å². The van der Waals surface area contributed by atoms with Gasteiger partial charge < -0.3 is 10.5 Å². The molecule has 2 aliphatic heterocycles. The van der Waals surface area contributed by atoms with Crippen LogP contribution in [0.5, 0.6) is 0 Å². The second-order valence-corrected chi connectivity index (χ2v) is 4.90. The standard InChI is InChI=1S/C12H25N3O/c1-2-16-12(8-13)10-14-6-7-15-5-3-4-11(15)9-14/h11-12H,2-10,13H2,1H3. The highest BCUT2D eigenvalue weighted by Crippen LogP contribution is 2.21. The molecule has 0 spiro atoms. The van der Waals surface area contributed by atoms with Crippen molar-refractivity contribution in [3.63, 3.8) is 0 Å². The molecule has 0 saturated carbocycles. The summed E-state index contributed by atoms with van der Waals surface area (Å²) in [5, 5.41) is 0. The molecule has 0 amide bonds. The molecule has 0 aromatic carbocycles. The Morgan fingerprint density at radius 3 is 3.00 bits per heavy atom. The van der Waals surface area contributed by atoms with Crippen LogP contribution >= 0.6 is 0 Å². The molecule has 0 radical (unpaired) electrons. The first-order chi connectivity index (χ1) is 7.83. The number of ether oxygens (including phenoxy) is 1. The highest BCUT2D eigenvalue weighted by atomic mass is 16.5. The molecule has 16 heavy (non-hydrogen) atoms. The van der Waals surface area contributed by atoms with Crippen molar-refractivity contribution in [2.75, 3.05) is 45.9 Å². The number of rotatable bonds is 5. The molecule has 0 aromatic rings. The van der Waals surface area contributed by atoms with Gasteiger partial charge in [-0.05, 0) is 26.3 Å². The number of nitrogens with zero attached hydrogens (tertiary/aromatic N) is 2. The van der Waals surface area contributed by atoms with E-state index in [0.717, 1.165) is 19.2 Å². The molecule has 94 valence electrons. The van der Waals surface area contributed by atoms with Crippen molar-refractivity contribution in [2.45, 2.75) is 31.9 Å². The molecule has 2 unspecified atom stereocenters. The topological polar surface area (TPSA) is 41.7 Å². The van der Waals surface area contributed by atoms with E-state index in [2.05, 4.69) is 9.80 Å². The normalized spacial score (nSPS) is 29.2. The summed E-state index contributed by atoms with van der Waals surface area (Å²) >= 11 is 0. The van der Waals surface area contributed by atoms with Gasteiger partial charge in [-0.25, -0.2) is 0 Å². The van der Waals surface area contributed by atoms with Crippen LogP contribution in [0, 0.1) is 0 Å². The predicted octanol–water partition coefficient (Wildman–Crippen LogP) is 0.130. The molecule has 0 aromatic heterocycles. The van der Waals surface area contributed by atoms with Gasteiger partial charge in [-0.2, -0.15) is 0 Å². The van der Waals surface area contributed by atoms with E-state index >= 15 is 0 Å². The Hall–Kier alpha value is -0.160. The van der Waals surface area contributed by atoms with Gasteiger partial charge in [0.25, 0.3) is 0 Å². The minimum atomic E-state index is 0.220. The van der Waals surface area contributed by atoms with Gasteiger partial charge >= 0.3 is 0 Å². The molecule has 2 atom stereocenters. The third-order valence-corrected chi connectivity index (χ3v) is 3.80. The van der Waals surface area contributed by atoms with Gasteiger partial charge in [-0.3, -0.25) is 9.80 Å². The highest BCUT2D eigenvalue weighted by Gasteiger charge is 2.31. The van der Waals surface area contributed by atoms with E-state index in [4.69, 9.17) is 10.5 Å². The zero-order chi connectivity index (χ0) is 11.4. The second kappa shape index (κ2) is 5.96.